The van der Waals surface area contributed by atoms with Crippen molar-refractivity contribution in [2.24, 2.45) is 0 Å². The van der Waals surface area contributed by atoms with Crippen molar-refractivity contribution < 1.29 is 28.2 Å². The van der Waals surface area contributed by atoms with E-state index >= 15 is 0 Å². The number of alkyl halides is 2. The zero-order valence-electron chi connectivity index (χ0n) is 11.9. The van der Waals surface area contributed by atoms with Gasteiger partial charge < -0.3 is 14.6 Å². The Morgan fingerprint density at radius 2 is 1.90 bits per heavy atom. The van der Waals surface area contributed by atoms with Crippen LogP contribution in [0, 0.1) is 0 Å². The summed E-state index contributed by atoms with van der Waals surface area (Å²) in [6.45, 7) is 3.32. The van der Waals surface area contributed by atoms with E-state index in [9.17, 15) is 13.6 Å². The summed E-state index contributed by atoms with van der Waals surface area (Å²) in [6, 6.07) is 2.47. The number of carbonyl (C=O) groups is 1. The minimum atomic E-state index is -2.67. The molecule has 0 aliphatic rings. The number of rotatable bonds is 6. The van der Waals surface area contributed by atoms with Crippen LogP contribution in [0.3, 0.4) is 0 Å². The minimum absolute atomic E-state index is 0.166. The van der Waals surface area contributed by atoms with Crippen molar-refractivity contribution in [2.75, 3.05) is 14.2 Å². The summed E-state index contributed by atoms with van der Waals surface area (Å²) in [7, 11) is 2.74. The third-order valence-electron chi connectivity index (χ3n) is 3.08. The normalized spacial score (nSPS) is 11.6. The maximum absolute atomic E-state index is 12.9. The molecule has 0 bridgehead atoms. The highest BCUT2D eigenvalue weighted by molar-refractivity contribution is 5.69. The summed E-state index contributed by atoms with van der Waals surface area (Å²) in [5, 5.41) is 8.96. The highest BCUT2D eigenvalue weighted by Crippen LogP contribution is 2.42. The molecule has 20 heavy (non-hydrogen) atoms. The van der Waals surface area contributed by atoms with Crippen molar-refractivity contribution >= 4 is 5.97 Å². The van der Waals surface area contributed by atoms with Crippen LogP contribution in [-0.4, -0.2) is 25.3 Å². The van der Waals surface area contributed by atoms with Crippen LogP contribution in [0.4, 0.5) is 8.78 Å². The van der Waals surface area contributed by atoms with E-state index in [1.54, 1.807) is 13.8 Å². The lowest BCUT2D eigenvalue weighted by atomic mass is 9.80. The van der Waals surface area contributed by atoms with E-state index in [2.05, 4.69) is 0 Å². The van der Waals surface area contributed by atoms with Gasteiger partial charge in [0, 0.05) is 16.5 Å². The lowest BCUT2D eigenvalue weighted by Crippen LogP contribution is -2.23. The zero-order valence-corrected chi connectivity index (χ0v) is 11.9. The van der Waals surface area contributed by atoms with Crippen LogP contribution < -0.4 is 9.47 Å². The fourth-order valence-electron chi connectivity index (χ4n) is 2.09. The van der Waals surface area contributed by atoms with Gasteiger partial charge in [0.15, 0.2) is 11.5 Å². The molecule has 0 heterocycles. The van der Waals surface area contributed by atoms with Crippen molar-refractivity contribution in [3.63, 3.8) is 0 Å². The predicted octanol–water partition coefficient (Wildman–Crippen LogP) is 3.39. The molecule has 0 spiro atoms. The van der Waals surface area contributed by atoms with Crippen LogP contribution in [0.5, 0.6) is 11.5 Å². The van der Waals surface area contributed by atoms with Gasteiger partial charge in [-0.15, -0.1) is 0 Å². The molecule has 4 nitrogen and oxygen atoms in total. The fraction of sp³-hybridized carbons (Fsp3) is 0.500. The van der Waals surface area contributed by atoms with Gasteiger partial charge in [-0.3, -0.25) is 4.79 Å². The summed E-state index contributed by atoms with van der Waals surface area (Å²) in [5.74, 6) is -0.569. The van der Waals surface area contributed by atoms with Gasteiger partial charge in [0.1, 0.15) is 0 Å². The van der Waals surface area contributed by atoms with Crippen molar-refractivity contribution in [1.82, 2.24) is 0 Å². The van der Waals surface area contributed by atoms with E-state index in [0.29, 0.717) is 5.56 Å². The van der Waals surface area contributed by atoms with Crippen molar-refractivity contribution in [3.8, 4) is 11.5 Å². The molecule has 0 saturated carbocycles. The molecule has 0 aromatic heterocycles. The minimum Gasteiger partial charge on any atom is -0.493 e. The molecule has 0 fully saturated rings. The van der Waals surface area contributed by atoms with Gasteiger partial charge in [0.2, 0.25) is 0 Å². The van der Waals surface area contributed by atoms with Crippen molar-refractivity contribution in [1.29, 1.82) is 0 Å². The molecule has 0 unspecified atom stereocenters. The molecule has 0 aliphatic heterocycles. The van der Waals surface area contributed by atoms with Crippen LogP contribution in [0.25, 0.3) is 0 Å². The Bertz CT molecular complexity index is 498. The van der Waals surface area contributed by atoms with Crippen LogP contribution in [0.2, 0.25) is 0 Å². The quantitative estimate of drug-likeness (QED) is 0.871. The van der Waals surface area contributed by atoms with E-state index < -0.39 is 17.8 Å². The lowest BCUT2D eigenvalue weighted by molar-refractivity contribution is -0.138. The Balaban J connectivity index is 3.48. The Morgan fingerprint density at radius 3 is 2.30 bits per heavy atom. The molecule has 1 aromatic rings. The smallest absolute Gasteiger partial charge is 0.304 e. The van der Waals surface area contributed by atoms with E-state index in [1.807, 2.05) is 0 Å². The Kier molecular flexibility index (Phi) is 4.92. The molecule has 1 N–H and O–H groups in total. The number of benzene rings is 1. The standard InChI is InChI=1S/C14H18F2O4/c1-14(2,7-11(17)18)9-5-8(13(15)16)6-10(19-3)12(9)20-4/h5-6,13H,7H2,1-4H3,(H,17,18). The summed E-state index contributed by atoms with van der Waals surface area (Å²) < 4.78 is 36.1. The van der Waals surface area contributed by atoms with Crippen LogP contribution in [-0.2, 0) is 10.2 Å². The van der Waals surface area contributed by atoms with Crippen LogP contribution in [0.1, 0.15) is 37.8 Å². The lowest BCUT2D eigenvalue weighted by Gasteiger charge is -2.27. The van der Waals surface area contributed by atoms with E-state index in [-0.39, 0.29) is 23.5 Å². The van der Waals surface area contributed by atoms with E-state index in [0.717, 1.165) is 0 Å². The summed E-state index contributed by atoms with van der Waals surface area (Å²) in [4.78, 5) is 10.9. The molecule has 1 rings (SSSR count). The third kappa shape index (κ3) is 3.37. The van der Waals surface area contributed by atoms with Gasteiger partial charge in [-0.05, 0) is 12.1 Å². The van der Waals surface area contributed by atoms with Gasteiger partial charge in [0.05, 0.1) is 20.6 Å². The van der Waals surface area contributed by atoms with Gasteiger partial charge in [-0.1, -0.05) is 13.8 Å². The second-order valence-corrected chi connectivity index (χ2v) is 5.06. The molecule has 0 amide bonds. The molecular weight excluding hydrogens is 270 g/mol. The van der Waals surface area contributed by atoms with E-state index in [1.165, 1.54) is 26.4 Å². The second-order valence-electron chi connectivity index (χ2n) is 5.06. The Labute approximate surface area is 116 Å². The van der Waals surface area contributed by atoms with Gasteiger partial charge in [0.25, 0.3) is 6.43 Å². The Hall–Kier alpha value is -1.85. The number of ether oxygens (including phenoxy) is 2. The zero-order chi connectivity index (χ0) is 15.5. The number of aliphatic carboxylic acids is 1. The number of carboxylic acid groups (broad SMARTS) is 1. The average molecular weight is 288 g/mol. The molecule has 112 valence electrons. The van der Waals surface area contributed by atoms with E-state index in [4.69, 9.17) is 14.6 Å². The first-order chi connectivity index (χ1) is 9.22. The molecule has 0 radical (unpaired) electrons. The predicted molar refractivity (Wildman–Crippen MR) is 69.8 cm³/mol. The highest BCUT2D eigenvalue weighted by Gasteiger charge is 2.30. The largest absolute Gasteiger partial charge is 0.493 e. The molecule has 1 aromatic carbocycles. The van der Waals surface area contributed by atoms with Crippen molar-refractivity contribution in [2.45, 2.75) is 32.1 Å². The second kappa shape index (κ2) is 6.07. The number of carboxylic acids is 1. The maximum Gasteiger partial charge on any atom is 0.304 e. The first-order valence-electron chi connectivity index (χ1n) is 5.99. The molecular formula is C14H18F2O4. The topological polar surface area (TPSA) is 55.8 Å². The fourth-order valence-corrected chi connectivity index (χ4v) is 2.09. The van der Waals surface area contributed by atoms with Crippen molar-refractivity contribution in [3.05, 3.63) is 23.3 Å². The summed E-state index contributed by atoms with van der Waals surface area (Å²) in [5.41, 5.74) is -0.705. The van der Waals surface area contributed by atoms with Gasteiger partial charge in [-0.25, -0.2) is 8.78 Å². The maximum atomic E-state index is 12.9. The highest BCUT2D eigenvalue weighted by atomic mass is 19.3. The molecule has 0 atom stereocenters. The number of methoxy groups -OCH3 is 2. The van der Waals surface area contributed by atoms with Gasteiger partial charge in [-0.2, -0.15) is 0 Å². The van der Waals surface area contributed by atoms with Crippen LogP contribution in [0.15, 0.2) is 12.1 Å². The summed E-state index contributed by atoms with van der Waals surface area (Å²) >= 11 is 0. The first kappa shape index (κ1) is 16.2. The first-order valence-corrected chi connectivity index (χ1v) is 5.99. The van der Waals surface area contributed by atoms with Gasteiger partial charge >= 0.3 is 5.97 Å². The molecule has 0 saturated heterocycles. The monoisotopic (exact) mass is 288 g/mol. The average Bonchev–Trinajstić information content (AvgIpc) is 2.35. The molecule has 0 aliphatic carbocycles. The SMILES string of the molecule is COc1cc(C(F)F)cc(C(C)(C)CC(=O)O)c1OC. The number of halogens is 2. The Morgan fingerprint density at radius 1 is 1.30 bits per heavy atom. The number of hydrogen-bond donors (Lipinski definition) is 1. The summed E-state index contributed by atoms with van der Waals surface area (Å²) in [6.07, 6.45) is -2.88. The molecule has 6 heteroatoms. The van der Waals surface area contributed by atoms with Crippen LogP contribution >= 0.6 is 0 Å². The number of hydrogen-bond acceptors (Lipinski definition) is 3. The third-order valence-corrected chi connectivity index (χ3v) is 3.08.